The third kappa shape index (κ3) is 2.90. The van der Waals surface area contributed by atoms with Crippen LogP contribution >= 0.6 is 11.8 Å². The van der Waals surface area contributed by atoms with Crippen LogP contribution in [0.5, 0.6) is 0 Å². The van der Waals surface area contributed by atoms with Gasteiger partial charge in [0.2, 0.25) is 11.1 Å². The number of fused-ring (bicyclic) bond motifs is 1. The van der Waals surface area contributed by atoms with Crippen LogP contribution in [-0.4, -0.2) is 33.4 Å². The number of carbonyl (C=O) groups is 1. The average Bonchev–Trinajstić information content (AvgIpc) is 2.92. The summed E-state index contributed by atoms with van der Waals surface area (Å²) >= 11 is 1.34. The predicted molar refractivity (Wildman–Crippen MR) is 82.5 cm³/mol. The van der Waals surface area contributed by atoms with Gasteiger partial charge in [0.25, 0.3) is 0 Å². The molecule has 108 valence electrons. The summed E-state index contributed by atoms with van der Waals surface area (Å²) in [6.07, 6.45) is 0.925. The maximum absolute atomic E-state index is 12.4. The van der Waals surface area contributed by atoms with Gasteiger partial charge in [-0.1, -0.05) is 30.0 Å². The Labute approximate surface area is 127 Å². The lowest BCUT2D eigenvalue weighted by atomic mass is 10.2. The molecule has 1 aliphatic rings. The lowest BCUT2D eigenvalue weighted by molar-refractivity contribution is -0.116. The van der Waals surface area contributed by atoms with E-state index >= 15 is 0 Å². The Balaban J connectivity index is 1.66. The van der Waals surface area contributed by atoms with Gasteiger partial charge in [0.05, 0.1) is 17.1 Å². The van der Waals surface area contributed by atoms with Gasteiger partial charge in [-0.3, -0.25) is 4.79 Å². The van der Waals surface area contributed by atoms with Gasteiger partial charge < -0.3 is 4.90 Å². The van der Waals surface area contributed by atoms with Crippen LogP contribution in [-0.2, 0) is 11.2 Å². The van der Waals surface area contributed by atoms with E-state index in [-0.39, 0.29) is 5.91 Å². The predicted octanol–water partition coefficient (Wildman–Crippen LogP) is 2.17. The molecule has 0 aliphatic carbocycles. The van der Waals surface area contributed by atoms with E-state index in [1.807, 2.05) is 36.9 Å². The third-order valence-corrected chi connectivity index (χ3v) is 4.41. The molecule has 2 heterocycles. The molecule has 0 saturated heterocycles. The van der Waals surface area contributed by atoms with Gasteiger partial charge in [-0.2, -0.15) is 5.10 Å². The van der Waals surface area contributed by atoms with Gasteiger partial charge >= 0.3 is 0 Å². The zero-order valence-electron chi connectivity index (χ0n) is 12.0. The quantitative estimate of drug-likeness (QED) is 0.813. The first-order valence-corrected chi connectivity index (χ1v) is 7.82. The summed E-state index contributed by atoms with van der Waals surface area (Å²) < 4.78 is 0. The molecular weight excluding hydrogens is 284 g/mol. The Kier molecular flexibility index (Phi) is 3.88. The number of nitrogens with zero attached hydrogens (tertiary/aromatic N) is 4. The summed E-state index contributed by atoms with van der Waals surface area (Å²) in [5.41, 5.74) is 3.94. The zero-order chi connectivity index (χ0) is 14.8. The van der Waals surface area contributed by atoms with Crippen LogP contribution in [0.3, 0.4) is 0 Å². The summed E-state index contributed by atoms with van der Waals surface area (Å²) in [5.74, 6) is 0.421. The van der Waals surface area contributed by atoms with Crippen molar-refractivity contribution in [1.82, 2.24) is 15.2 Å². The molecule has 6 heteroatoms. The second kappa shape index (κ2) is 5.81. The topological polar surface area (TPSA) is 59.0 Å². The first-order chi connectivity index (χ1) is 10.1. The minimum Gasteiger partial charge on any atom is -0.311 e. The molecule has 5 nitrogen and oxygen atoms in total. The third-order valence-electron chi connectivity index (χ3n) is 3.59. The summed E-state index contributed by atoms with van der Waals surface area (Å²) in [4.78, 5) is 18.5. The summed E-state index contributed by atoms with van der Waals surface area (Å²) in [6.45, 7) is 4.52. The highest BCUT2D eigenvalue weighted by molar-refractivity contribution is 7.99. The van der Waals surface area contributed by atoms with E-state index in [0.717, 1.165) is 30.0 Å². The number of amides is 1. The molecule has 1 aliphatic heterocycles. The zero-order valence-corrected chi connectivity index (χ0v) is 12.9. The Morgan fingerprint density at radius 3 is 2.86 bits per heavy atom. The molecule has 0 saturated carbocycles. The molecular formula is C15H16N4OS. The van der Waals surface area contributed by atoms with E-state index in [0.29, 0.717) is 10.9 Å². The van der Waals surface area contributed by atoms with E-state index in [1.165, 1.54) is 17.3 Å². The molecule has 0 atom stereocenters. The first-order valence-electron chi connectivity index (χ1n) is 6.84. The second-order valence-corrected chi connectivity index (χ2v) is 5.92. The number of anilines is 1. The van der Waals surface area contributed by atoms with Crippen LogP contribution in [0.1, 0.15) is 17.0 Å². The number of para-hydroxylation sites is 1. The van der Waals surface area contributed by atoms with Gasteiger partial charge in [-0.15, -0.1) is 5.10 Å². The van der Waals surface area contributed by atoms with Gasteiger partial charge in [0.15, 0.2) is 0 Å². The standard InChI is InChI=1S/C15H16N4OS/c1-10-11(2)17-18-15(16-10)21-9-14(20)19-8-7-12-5-3-4-6-13(12)19/h3-6H,7-9H2,1-2H3. The lowest BCUT2D eigenvalue weighted by Gasteiger charge is -2.16. The highest BCUT2D eigenvalue weighted by atomic mass is 32.2. The monoisotopic (exact) mass is 300 g/mol. The van der Waals surface area contributed by atoms with Crippen LogP contribution in [0.2, 0.25) is 0 Å². The largest absolute Gasteiger partial charge is 0.311 e. The van der Waals surface area contributed by atoms with Crippen molar-refractivity contribution in [3.05, 3.63) is 41.2 Å². The number of aromatic nitrogens is 3. The van der Waals surface area contributed by atoms with Crippen LogP contribution in [0.25, 0.3) is 0 Å². The van der Waals surface area contributed by atoms with Crippen molar-refractivity contribution in [3.8, 4) is 0 Å². The molecule has 0 bridgehead atoms. The summed E-state index contributed by atoms with van der Waals surface area (Å²) in [6, 6.07) is 8.05. The fourth-order valence-corrected chi connectivity index (χ4v) is 3.01. The molecule has 0 fully saturated rings. The number of thioether (sulfide) groups is 1. The molecule has 0 unspecified atom stereocenters. The number of carbonyl (C=O) groups excluding carboxylic acids is 1. The summed E-state index contributed by atoms with van der Waals surface area (Å²) in [5, 5.41) is 8.60. The van der Waals surface area contributed by atoms with Gasteiger partial charge in [-0.05, 0) is 31.9 Å². The average molecular weight is 300 g/mol. The minimum atomic E-state index is 0.0896. The van der Waals surface area contributed by atoms with E-state index < -0.39 is 0 Å². The van der Waals surface area contributed by atoms with Crippen molar-refractivity contribution >= 4 is 23.4 Å². The van der Waals surface area contributed by atoms with E-state index in [2.05, 4.69) is 21.2 Å². The molecule has 21 heavy (non-hydrogen) atoms. The molecule has 1 amide bonds. The number of benzene rings is 1. The number of hydrogen-bond donors (Lipinski definition) is 0. The Hall–Kier alpha value is -1.95. The maximum atomic E-state index is 12.4. The van der Waals surface area contributed by atoms with Crippen molar-refractivity contribution in [2.75, 3.05) is 17.2 Å². The SMILES string of the molecule is Cc1nnc(SCC(=O)N2CCc3ccccc32)nc1C. The molecule has 1 aromatic heterocycles. The van der Waals surface area contributed by atoms with Crippen LogP contribution in [0.15, 0.2) is 29.4 Å². The van der Waals surface area contributed by atoms with Gasteiger partial charge in [0, 0.05) is 12.2 Å². The van der Waals surface area contributed by atoms with E-state index in [1.54, 1.807) is 0 Å². The highest BCUT2D eigenvalue weighted by Gasteiger charge is 2.24. The normalized spacial score (nSPS) is 13.3. The van der Waals surface area contributed by atoms with Gasteiger partial charge in [0.1, 0.15) is 0 Å². The molecule has 3 rings (SSSR count). The van der Waals surface area contributed by atoms with E-state index in [9.17, 15) is 4.79 Å². The van der Waals surface area contributed by atoms with Crippen LogP contribution in [0.4, 0.5) is 5.69 Å². The van der Waals surface area contributed by atoms with Crippen molar-refractivity contribution in [2.24, 2.45) is 0 Å². The Morgan fingerprint density at radius 1 is 1.24 bits per heavy atom. The summed E-state index contributed by atoms with van der Waals surface area (Å²) in [7, 11) is 0. The number of rotatable bonds is 3. The highest BCUT2D eigenvalue weighted by Crippen LogP contribution is 2.28. The molecule has 0 N–H and O–H groups in total. The molecule has 0 spiro atoms. The molecule has 0 radical (unpaired) electrons. The smallest absolute Gasteiger partial charge is 0.237 e. The van der Waals surface area contributed by atoms with E-state index in [4.69, 9.17) is 0 Å². The van der Waals surface area contributed by atoms with Crippen molar-refractivity contribution in [3.63, 3.8) is 0 Å². The molecule has 1 aromatic carbocycles. The number of hydrogen-bond acceptors (Lipinski definition) is 5. The van der Waals surface area contributed by atoms with Crippen molar-refractivity contribution in [1.29, 1.82) is 0 Å². The van der Waals surface area contributed by atoms with Crippen molar-refractivity contribution < 1.29 is 4.79 Å². The first kappa shape index (κ1) is 14.0. The van der Waals surface area contributed by atoms with Crippen LogP contribution < -0.4 is 4.90 Å². The van der Waals surface area contributed by atoms with Gasteiger partial charge in [-0.25, -0.2) is 4.98 Å². The lowest BCUT2D eigenvalue weighted by Crippen LogP contribution is -2.30. The Bertz CT molecular complexity index is 689. The maximum Gasteiger partial charge on any atom is 0.237 e. The fraction of sp³-hybridized carbons (Fsp3) is 0.333. The Morgan fingerprint density at radius 2 is 2.05 bits per heavy atom. The molecule has 2 aromatic rings. The minimum absolute atomic E-state index is 0.0896. The fourth-order valence-electron chi connectivity index (χ4n) is 2.30. The number of aryl methyl sites for hydroxylation is 2. The van der Waals surface area contributed by atoms with Crippen LogP contribution in [0, 0.1) is 13.8 Å². The second-order valence-electron chi connectivity index (χ2n) is 4.98. The van der Waals surface area contributed by atoms with Crippen molar-refractivity contribution in [2.45, 2.75) is 25.4 Å².